The standard InChI is InChI=1S/C20H17N3O2S/c1-13-3-5-16(6-4-13)25-17-12-15(11-14-8-10-26-19(14)17)20(24)21-18-7-9-23(2)22-18/h3-12H,1-2H3,(H,21,22,24). The summed E-state index contributed by atoms with van der Waals surface area (Å²) in [5, 5.41) is 9.96. The summed E-state index contributed by atoms with van der Waals surface area (Å²) in [6, 6.07) is 15.2. The van der Waals surface area contributed by atoms with E-state index in [0.717, 1.165) is 15.8 Å². The van der Waals surface area contributed by atoms with Crippen molar-refractivity contribution in [3.05, 3.63) is 71.2 Å². The zero-order chi connectivity index (χ0) is 18.1. The van der Waals surface area contributed by atoms with Crippen molar-refractivity contribution < 1.29 is 9.53 Å². The highest BCUT2D eigenvalue weighted by molar-refractivity contribution is 7.17. The van der Waals surface area contributed by atoms with Crippen molar-refractivity contribution in [1.82, 2.24) is 9.78 Å². The number of anilines is 1. The summed E-state index contributed by atoms with van der Waals surface area (Å²) >= 11 is 1.59. The van der Waals surface area contributed by atoms with Crippen molar-refractivity contribution in [2.24, 2.45) is 7.05 Å². The van der Waals surface area contributed by atoms with Gasteiger partial charge in [0.1, 0.15) is 11.5 Å². The molecule has 0 saturated carbocycles. The van der Waals surface area contributed by atoms with E-state index in [2.05, 4.69) is 10.4 Å². The summed E-state index contributed by atoms with van der Waals surface area (Å²) in [6.45, 7) is 2.03. The highest BCUT2D eigenvalue weighted by Crippen LogP contribution is 2.35. The molecular weight excluding hydrogens is 346 g/mol. The fourth-order valence-electron chi connectivity index (χ4n) is 2.66. The van der Waals surface area contributed by atoms with E-state index in [-0.39, 0.29) is 5.91 Å². The van der Waals surface area contributed by atoms with Crippen molar-refractivity contribution in [3.8, 4) is 11.5 Å². The van der Waals surface area contributed by atoms with E-state index in [1.807, 2.05) is 48.7 Å². The number of ether oxygens (including phenoxy) is 1. The van der Waals surface area contributed by atoms with Crippen molar-refractivity contribution in [1.29, 1.82) is 0 Å². The molecule has 130 valence electrons. The molecule has 2 heterocycles. The summed E-state index contributed by atoms with van der Waals surface area (Å²) in [5.74, 6) is 1.72. The quantitative estimate of drug-likeness (QED) is 0.556. The number of hydrogen-bond acceptors (Lipinski definition) is 4. The second kappa shape index (κ2) is 6.65. The lowest BCUT2D eigenvalue weighted by Gasteiger charge is -2.10. The zero-order valence-corrected chi connectivity index (χ0v) is 15.2. The first-order valence-electron chi connectivity index (χ1n) is 8.15. The van der Waals surface area contributed by atoms with Gasteiger partial charge in [0.25, 0.3) is 5.91 Å². The molecule has 26 heavy (non-hydrogen) atoms. The highest BCUT2D eigenvalue weighted by atomic mass is 32.1. The first-order chi connectivity index (χ1) is 12.6. The lowest BCUT2D eigenvalue weighted by atomic mass is 10.1. The second-order valence-corrected chi connectivity index (χ2v) is 6.97. The van der Waals surface area contributed by atoms with Crippen LogP contribution < -0.4 is 10.1 Å². The fraction of sp³-hybridized carbons (Fsp3) is 0.100. The molecule has 0 saturated heterocycles. The number of hydrogen-bond donors (Lipinski definition) is 1. The van der Waals surface area contributed by atoms with Crippen molar-refractivity contribution in [3.63, 3.8) is 0 Å². The first-order valence-corrected chi connectivity index (χ1v) is 9.03. The number of carbonyl (C=O) groups is 1. The maximum absolute atomic E-state index is 12.6. The van der Waals surface area contributed by atoms with Crippen LogP contribution in [-0.4, -0.2) is 15.7 Å². The number of aryl methyl sites for hydroxylation is 2. The average Bonchev–Trinajstić information content (AvgIpc) is 3.25. The second-order valence-electron chi connectivity index (χ2n) is 6.06. The van der Waals surface area contributed by atoms with Crippen LogP contribution in [0.25, 0.3) is 10.1 Å². The molecule has 0 atom stereocenters. The topological polar surface area (TPSA) is 56.1 Å². The van der Waals surface area contributed by atoms with Gasteiger partial charge in [-0.2, -0.15) is 5.10 Å². The Bertz CT molecular complexity index is 1080. The van der Waals surface area contributed by atoms with Gasteiger partial charge in [0.15, 0.2) is 5.82 Å². The molecule has 0 fully saturated rings. The van der Waals surface area contributed by atoms with Crippen LogP contribution in [0.1, 0.15) is 15.9 Å². The monoisotopic (exact) mass is 363 g/mol. The molecule has 1 amide bonds. The number of fused-ring (bicyclic) bond motifs is 1. The molecule has 6 heteroatoms. The van der Waals surface area contributed by atoms with E-state index < -0.39 is 0 Å². The van der Waals surface area contributed by atoms with E-state index in [1.54, 1.807) is 41.4 Å². The van der Waals surface area contributed by atoms with Crippen molar-refractivity contribution in [2.75, 3.05) is 5.32 Å². The lowest BCUT2D eigenvalue weighted by Crippen LogP contribution is -2.12. The van der Waals surface area contributed by atoms with E-state index in [0.29, 0.717) is 17.1 Å². The minimum absolute atomic E-state index is 0.217. The predicted molar refractivity (Wildman–Crippen MR) is 104 cm³/mol. The Morgan fingerprint density at radius 1 is 1.15 bits per heavy atom. The van der Waals surface area contributed by atoms with Gasteiger partial charge in [0, 0.05) is 24.9 Å². The van der Waals surface area contributed by atoms with Gasteiger partial charge in [-0.05, 0) is 48.0 Å². The summed E-state index contributed by atoms with van der Waals surface area (Å²) in [4.78, 5) is 12.6. The third-order valence-corrected chi connectivity index (χ3v) is 4.93. The summed E-state index contributed by atoms with van der Waals surface area (Å²) < 4.78 is 8.72. The van der Waals surface area contributed by atoms with E-state index >= 15 is 0 Å². The molecule has 0 spiro atoms. The normalized spacial score (nSPS) is 10.8. The molecule has 0 bridgehead atoms. The average molecular weight is 363 g/mol. The minimum Gasteiger partial charge on any atom is -0.456 e. The molecule has 4 rings (SSSR count). The Balaban J connectivity index is 1.67. The lowest BCUT2D eigenvalue weighted by molar-refractivity contribution is 0.102. The number of benzene rings is 2. The Morgan fingerprint density at radius 3 is 2.69 bits per heavy atom. The molecule has 5 nitrogen and oxygen atoms in total. The molecule has 2 aromatic heterocycles. The van der Waals surface area contributed by atoms with E-state index in [9.17, 15) is 4.79 Å². The van der Waals surface area contributed by atoms with Crippen LogP contribution in [-0.2, 0) is 7.05 Å². The molecule has 0 aliphatic heterocycles. The van der Waals surface area contributed by atoms with Gasteiger partial charge in [0.2, 0.25) is 0 Å². The Morgan fingerprint density at radius 2 is 1.96 bits per heavy atom. The molecular formula is C20H17N3O2S. The van der Waals surface area contributed by atoms with Crippen LogP contribution in [0, 0.1) is 6.92 Å². The molecule has 1 N–H and O–H groups in total. The van der Waals surface area contributed by atoms with Gasteiger partial charge in [0.05, 0.1) is 4.70 Å². The van der Waals surface area contributed by atoms with Crippen LogP contribution in [0.15, 0.2) is 60.1 Å². The molecule has 0 aliphatic carbocycles. The van der Waals surface area contributed by atoms with Crippen LogP contribution in [0.2, 0.25) is 0 Å². The van der Waals surface area contributed by atoms with Crippen molar-refractivity contribution >= 4 is 33.1 Å². The number of aromatic nitrogens is 2. The number of nitrogens with one attached hydrogen (secondary N) is 1. The van der Waals surface area contributed by atoms with Gasteiger partial charge in [-0.25, -0.2) is 0 Å². The fourth-order valence-corrected chi connectivity index (χ4v) is 3.49. The number of carbonyl (C=O) groups excluding carboxylic acids is 1. The van der Waals surface area contributed by atoms with E-state index in [4.69, 9.17) is 4.74 Å². The maximum atomic E-state index is 12.6. The van der Waals surface area contributed by atoms with E-state index in [1.165, 1.54) is 5.56 Å². The molecule has 0 aliphatic rings. The van der Waals surface area contributed by atoms with Gasteiger partial charge < -0.3 is 10.1 Å². The zero-order valence-electron chi connectivity index (χ0n) is 14.4. The SMILES string of the molecule is Cc1ccc(Oc2cc(C(=O)Nc3ccn(C)n3)cc3ccsc23)cc1. The van der Waals surface area contributed by atoms with Gasteiger partial charge in [-0.1, -0.05) is 17.7 Å². The Kier molecular flexibility index (Phi) is 4.18. The molecule has 2 aromatic carbocycles. The van der Waals surface area contributed by atoms with Crippen LogP contribution in [0.3, 0.4) is 0 Å². The minimum atomic E-state index is -0.217. The third kappa shape index (κ3) is 3.32. The Labute approximate surface area is 154 Å². The summed E-state index contributed by atoms with van der Waals surface area (Å²) in [6.07, 6.45) is 1.78. The van der Waals surface area contributed by atoms with Gasteiger partial charge >= 0.3 is 0 Å². The maximum Gasteiger partial charge on any atom is 0.257 e. The number of nitrogens with zero attached hydrogens (tertiary/aromatic N) is 2. The summed E-state index contributed by atoms with van der Waals surface area (Å²) in [7, 11) is 1.81. The smallest absolute Gasteiger partial charge is 0.257 e. The number of amides is 1. The highest BCUT2D eigenvalue weighted by Gasteiger charge is 2.14. The molecule has 4 aromatic rings. The van der Waals surface area contributed by atoms with Gasteiger partial charge in [-0.3, -0.25) is 9.48 Å². The molecule has 0 unspecified atom stereocenters. The van der Waals surface area contributed by atoms with Crippen molar-refractivity contribution in [2.45, 2.75) is 6.92 Å². The predicted octanol–water partition coefficient (Wildman–Crippen LogP) is 4.99. The van der Waals surface area contributed by atoms with Crippen LogP contribution in [0.5, 0.6) is 11.5 Å². The number of rotatable bonds is 4. The van der Waals surface area contributed by atoms with Gasteiger partial charge in [-0.15, -0.1) is 11.3 Å². The summed E-state index contributed by atoms with van der Waals surface area (Å²) in [5.41, 5.74) is 1.70. The molecule has 0 radical (unpaired) electrons. The first kappa shape index (κ1) is 16.4. The third-order valence-electron chi connectivity index (χ3n) is 3.98. The Hall–Kier alpha value is -3.12. The van der Waals surface area contributed by atoms with Crippen LogP contribution in [0.4, 0.5) is 5.82 Å². The van der Waals surface area contributed by atoms with Crippen LogP contribution >= 0.6 is 11.3 Å². The largest absolute Gasteiger partial charge is 0.456 e. The number of thiophene rings is 1.